The molecule has 5 nitrogen and oxygen atoms in total. The van der Waals surface area contributed by atoms with Crippen molar-refractivity contribution in [3.05, 3.63) is 36.0 Å². The second-order valence-corrected chi connectivity index (χ2v) is 5.37. The standard InChI is InChI=1S/C15H19N3O2/c1-10-2-4-13(20-10)9-18-7-6-11-8-12(15(16)17-19)3-5-14(11)18/h3,5-8,10,13,19H,2,4,9H2,1H3,(H2,16,17). The average Bonchev–Trinajstić information content (AvgIpc) is 3.05. The van der Waals surface area contributed by atoms with Crippen LogP contribution in [0.5, 0.6) is 0 Å². The average molecular weight is 273 g/mol. The summed E-state index contributed by atoms with van der Waals surface area (Å²) >= 11 is 0. The molecule has 1 aliphatic heterocycles. The van der Waals surface area contributed by atoms with E-state index in [4.69, 9.17) is 15.7 Å². The fourth-order valence-corrected chi connectivity index (χ4v) is 2.82. The zero-order valence-corrected chi connectivity index (χ0v) is 11.5. The summed E-state index contributed by atoms with van der Waals surface area (Å²) in [5.41, 5.74) is 7.48. The zero-order chi connectivity index (χ0) is 14.1. The van der Waals surface area contributed by atoms with E-state index < -0.39 is 0 Å². The third kappa shape index (κ3) is 2.36. The van der Waals surface area contributed by atoms with Crippen molar-refractivity contribution < 1.29 is 9.94 Å². The second-order valence-electron chi connectivity index (χ2n) is 5.37. The van der Waals surface area contributed by atoms with Gasteiger partial charge in [0.1, 0.15) is 0 Å². The molecule has 0 bridgehead atoms. The van der Waals surface area contributed by atoms with E-state index in [2.05, 4.69) is 22.8 Å². The van der Waals surface area contributed by atoms with Gasteiger partial charge in [-0.2, -0.15) is 0 Å². The third-order valence-electron chi connectivity index (χ3n) is 3.89. The van der Waals surface area contributed by atoms with E-state index in [1.807, 2.05) is 24.3 Å². The molecular weight excluding hydrogens is 254 g/mol. The number of amidine groups is 1. The summed E-state index contributed by atoms with van der Waals surface area (Å²) in [5, 5.41) is 12.8. The van der Waals surface area contributed by atoms with Gasteiger partial charge in [0, 0.05) is 29.2 Å². The highest BCUT2D eigenvalue weighted by Crippen LogP contribution is 2.23. The molecule has 3 rings (SSSR count). The van der Waals surface area contributed by atoms with Gasteiger partial charge in [-0.1, -0.05) is 5.16 Å². The Morgan fingerprint density at radius 1 is 1.45 bits per heavy atom. The summed E-state index contributed by atoms with van der Waals surface area (Å²) < 4.78 is 8.07. The van der Waals surface area contributed by atoms with Gasteiger partial charge < -0.3 is 20.2 Å². The van der Waals surface area contributed by atoms with Crippen molar-refractivity contribution in [2.45, 2.75) is 38.5 Å². The molecule has 0 spiro atoms. The van der Waals surface area contributed by atoms with Crippen LogP contribution in [-0.2, 0) is 11.3 Å². The van der Waals surface area contributed by atoms with E-state index >= 15 is 0 Å². The van der Waals surface area contributed by atoms with Gasteiger partial charge in [-0.05, 0) is 44.0 Å². The van der Waals surface area contributed by atoms with Crippen molar-refractivity contribution in [3.8, 4) is 0 Å². The van der Waals surface area contributed by atoms with Crippen LogP contribution in [0.3, 0.4) is 0 Å². The van der Waals surface area contributed by atoms with Crippen LogP contribution in [-0.4, -0.2) is 27.8 Å². The fraction of sp³-hybridized carbons (Fsp3) is 0.400. The number of nitrogens with zero attached hydrogens (tertiary/aromatic N) is 2. The minimum absolute atomic E-state index is 0.132. The SMILES string of the molecule is CC1CCC(Cn2ccc3cc(/C(N)=N/O)ccc32)O1. The first-order valence-electron chi connectivity index (χ1n) is 6.89. The quantitative estimate of drug-likeness (QED) is 0.390. The maximum absolute atomic E-state index is 8.72. The van der Waals surface area contributed by atoms with Gasteiger partial charge in [0.25, 0.3) is 0 Å². The molecule has 5 heteroatoms. The number of nitrogens with two attached hydrogens (primary N) is 1. The van der Waals surface area contributed by atoms with E-state index in [0.29, 0.717) is 12.2 Å². The largest absolute Gasteiger partial charge is 0.409 e. The number of oxime groups is 1. The number of aromatic nitrogens is 1. The molecule has 2 heterocycles. The van der Waals surface area contributed by atoms with Gasteiger partial charge in [-0.15, -0.1) is 0 Å². The summed E-state index contributed by atoms with van der Waals surface area (Å²) in [6, 6.07) is 7.84. The second kappa shape index (κ2) is 5.17. The lowest BCUT2D eigenvalue weighted by Crippen LogP contribution is -2.16. The lowest BCUT2D eigenvalue weighted by molar-refractivity contribution is 0.0465. The monoisotopic (exact) mass is 273 g/mol. The van der Waals surface area contributed by atoms with Crippen molar-refractivity contribution >= 4 is 16.7 Å². The Morgan fingerprint density at radius 2 is 2.30 bits per heavy atom. The van der Waals surface area contributed by atoms with Crippen molar-refractivity contribution in [3.63, 3.8) is 0 Å². The van der Waals surface area contributed by atoms with Crippen LogP contribution < -0.4 is 5.73 Å². The summed E-state index contributed by atoms with van der Waals surface area (Å²) in [6.07, 6.45) is 4.98. The van der Waals surface area contributed by atoms with Crippen molar-refractivity contribution in [2.75, 3.05) is 0 Å². The molecule has 0 aliphatic carbocycles. The van der Waals surface area contributed by atoms with Crippen LogP contribution in [0.4, 0.5) is 0 Å². The van der Waals surface area contributed by atoms with Crippen molar-refractivity contribution in [1.82, 2.24) is 4.57 Å². The maximum atomic E-state index is 8.72. The van der Waals surface area contributed by atoms with Gasteiger partial charge >= 0.3 is 0 Å². The fourth-order valence-electron chi connectivity index (χ4n) is 2.82. The van der Waals surface area contributed by atoms with Crippen LogP contribution in [0.2, 0.25) is 0 Å². The molecule has 0 amide bonds. The van der Waals surface area contributed by atoms with Crippen LogP contribution in [0.1, 0.15) is 25.3 Å². The summed E-state index contributed by atoms with van der Waals surface area (Å²) in [6.45, 7) is 2.99. The van der Waals surface area contributed by atoms with Gasteiger partial charge in [0.15, 0.2) is 5.84 Å². The maximum Gasteiger partial charge on any atom is 0.170 e. The topological polar surface area (TPSA) is 72.8 Å². The Hall–Kier alpha value is -2.01. The Balaban J connectivity index is 1.86. The molecule has 0 radical (unpaired) electrons. The first-order valence-corrected chi connectivity index (χ1v) is 6.89. The summed E-state index contributed by atoms with van der Waals surface area (Å²) in [5.74, 6) is 0.132. The molecule has 3 N–H and O–H groups in total. The zero-order valence-electron chi connectivity index (χ0n) is 11.5. The molecule has 1 aliphatic rings. The highest BCUT2D eigenvalue weighted by atomic mass is 16.5. The van der Waals surface area contributed by atoms with Crippen molar-refractivity contribution in [2.24, 2.45) is 10.9 Å². The lowest BCUT2D eigenvalue weighted by Gasteiger charge is -2.13. The minimum atomic E-state index is 0.132. The number of rotatable bonds is 3. The molecule has 0 saturated carbocycles. The highest BCUT2D eigenvalue weighted by Gasteiger charge is 2.22. The Kier molecular flexibility index (Phi) is 3.36. The van der Waals surface area contributed by atoms with E-state index in [-0.39, 0.29) is 5.84 Å². The summed E-state index contributed by atoms with van der Waals surface area (Å²) in [7, 11) is 0. The molecule has 1 fully saturated rings. The van der Waals surface area contributed by atoms with Crippen LogP contribution in [0.25, 0.3) is 10.9 Å². The molecule has 2 unspecified atom stereocenters. The van der Waals surface area contributed by atoms with E-state index in [0.717, 1.165) is 35.9 Å². The molecule has 1 saturated heterocycles. The molecule has 20 heavy (non-hydrogen) atoms. The van der Waals surface area contributed by atoms with Gasteiger partial charge in [0.2, 0.25) is 0 Å². The van der Waals surface area contributed by atoms with Gasteiger partial charge in [0.05, 0.1) is 12.2 Å². The third-order valence-corrected chi connectivity index (χ3v) is 3.89. The van der Waals surface area contributed by atoms with E-state index in [1.54, 1.807) is 0 Å². The molecule has 1 aromatic heterocycles. The highest BCUT2D eigenvalue weighted by molar-refractivity contribution is 6.00. The first-order chi connectivity index (χ1) is 9.67. The number of hydrogen-bond acceptors (Lipinski definition) is 3. The molecular formula is C15H19N3O2. The van der Waals surface area contributed by atoms with Crippen LogP contribution in [0, 0.1) is 0 Å². The van der Waals surface area contributed by atoms with Crippen LogP contribution in [0.15, 0.2) is 35.6 Å². The molecule has 2 atom stereocenters. The summed E-state index contributed by atoms with van der Waals surface area (Å²) in [4.78, 5) is 0. The number of ether oxygens (including phenoxy) is 1. The van der Waals surface area contributed by atoms with Crippen LogP contribution >= 0.6 is 0 Å². The van der Waals surface area contributed by atoms with E-state index in [1.165, 1.54) is 0 Å². The number of benzene rings is 1. The Morgan fingerprint density at radius 3 is 3.00 bits per heavy atom. The molecule has 106 valence electrons. The van der Waals surface area contributed by atoms with Gasteiger partial charge in [-0.3, -0.25) is 0 Å². The normalized spacial score (nSPS) is 23.6. The van der Waals surface area contributed by atoms with Gasteiger partial charge in [-0.25, -0.2) is 0 Å². The number of fused-ring (bicyclic) bond motifs is 1. The predicted octanol–water partition coefficient (Wildman–Crippen LogP) is 2.30. The number of hydrogen-bond donors (Lipinski definition) is 2. The van der Waals surface area contributed by atoms with Crippen molar-refractivity contribution in [1.29, 1.82) is 0 Å². The Bertz CT molecular complexity index is 648. The molecule has 1 aromatic carbocycles. The Labute approximate surface area is 117 Å². The first kappa shape index (κ1) is 13.0. The lowest BCUT2D eigenvalue weighted by atomic mass is 10.1. The minimum Gasteiger partial charge on any atom is -0.409 e. The predicted molar refractivity (Wildman–Crippen MR) is 78.0 cm³/mol. The molecule has 2 aromatic rings. The smallest absolute Gasteiger partial charge is 0.170 e. The van der Waals surface area contributed by atoms with E-state index in [9.17, 15) is 0 Å².